The molecule has 1 saturated heterocycles. The SMILES string of the molecule is Cc1ccc(OCC(=O)N2CC(CO)OCC2C)cc1. The number of amides is 1. The van der Waals surface area contributed by atoms with Gasteiger partial charge < -0.3 is 19.5 Å². The Morgan fingerprint density at radius 2 is 2.15 bits per heavy atom. The molecule has 2 rings (SSSR count). The number of aliphatic hydroxyl groups is 1. The van der Waals surface area contributed by atoms with Crippen LogP contribution in [-0.4, -0.2) is 54.4 Å². The van der Waals surface area contributed by atoms with E-state index in [1.54, 1.807) is 4.90 Å². The topological polar surface area (TPSA) is 59.0 Å². The zero-order valence-electron chi connectivity index (χ0n) is 11.9. The summed E-state index contributed by atoms with van der Waals surface area (Å²) in [5, 5.41) is 9.12. The number of morpholine rings is 1. The van der Waals surface area contributed by atoms with Gasteiger partial charge in [0, 0.05) is 6.54 Å². The average molecular weight is 279 g/mol. The first-order valence-corrected chi connectivity index (χ1v) is 6.81. The molecule has 1 aliphatic heterocycles. The number of aryl methyl sites for hydroxylation is 1. The molecule has 1 heterocycles. The molecular weight excluding hydrogens is 258 g/mol. The van der Waals surface area contributed by atoms with E-state index in [-0.39, 0.29) is 31.3 Å². The number of hydrogen-bond acceptors (Lipinski definition) is 4. The highest BCUT2D eigenvalue weighted by Crippen LogP contribution is 2.14. The number of carbonyl (C=O) groups excluding carboxylic acids is 1. The van der Waals surface area contributed by atoms with Gasteiger partial charge in [0.1, 0.15) is 5.75 Å². The molecule has 1 amide bonds. The highest BCUT2D eigenvalue weighted by molar-refractivity contribution is 5.78. The van der Waals surface area contributed by atoms with Gasteiger partial charge in [0.05, 0.1) is 25.4 Å². The van der Waals surface area contributed by atoms with Gasteiger partial charge in [0.25, 0.3) is 5.91 Å². The predicted octanol–water partition coefficient (Wildman–Crippen LogP) is 0.982. The molecule has 0 spiro atoms. The summed E-state index contributed by atoms with van der Waals surface area (Å²) in [4.78, 5) is 13.9. The third kappa shape index (κ3) is 3.71. The van der Waals surface area contributed by atoms with Gasteiger partial charge in [-0.25, -0.2) is 0 Å². The molecule has 2 atom stereocenters. The number of benzene rings is 1. The smallest absolute Gasteiger partial charge is 0.260 e. The number of rotatable bonds is 4. The lowest BCUT2D eigenvalue weighted by atomic mass is 10.2. The van der Waals surface area contributed by atoms with Crippen LogP contribution in [0, 0.1) is 6.92 Å². The van der Waals surface area contributed by atoms with Crippen LogP contribution in [0.3, 0.4) is 0 Å². The van der Waals surface area contributed by atoms with Crippen molar-refractivity contribution >= 4 is 5.91 Å². The Labute approximate surface area is 119 Å². The van der Waals surface area contributed by atoms with Gasteiger partial charge in [-0.2, -0.15) is 0 Å². The Morgan fingerprint density at radius 3 is 2.80 bits per heavy atom. The fourth-order valence-electron chi connectivity index (χ4n) is 2.14. The molecule has 0 saturated carbocycles. The second kappa shape index (κ2) is 6.72. The largest absolute Gasteiger partial charge is 0.484 e. The first-order chi connectivity index (χ1) is 9.60. The summed E-state index contributed by atoms with van der Waals surface area (Å²) < 4.78 is 10.9. The van der Waals surface area contributed by atoms with E-state index in [0.29, 0.717) is 18.9 Å². The summed E-state index contributed by atoms with van der Waals surface area (Å²) in [5.41, 5.74) is 1.15. The maximum atomic E-state index is 12.2. The highest BCUT2D eigenvalue weighted by Gasteiger charge is 2.29. The quantitative estimate of drug-likeness (QED) is 0.892. The minimum Gasteiger partial charge on any atom is -0.484 e. The molecule has 0 bridgehead atoms. The van der Waals surface area contributed by atoms with Crippen molar-refractivity contribution in [1.29, 1.82) is 0 Å². The summed E-state index contributed by atoms with van der Waals surface area (Å²) in [6.45, 7) is 4.72. The molecule has 1 N–H and O–H groups in total. The van der Waals surface area contributed by atoms with Crippen LogP contribution < -0.4 is 4.74 Å². The van der Waals surface area contributed by atoms with Crippen molar-refractivity contribution in [2.24, 2.45) is 0 Å². The first-order valence-electron chi connectivity index (χ1n) is 6.81. The molecule has 20 heavy (non-hydrogen) atoms. The van der Waals surface area contributed by atoms with Crippen molar-refractivity contribution in [2.75, 3.05) is 26.4 Å². The number of ether oxygens (including phenoxy) is 2. The van der Waals surface area contributed by atoms with Crippen LogP contribution in [0.15, 0.2) is 24.3 Å². The van der Waals surface area contributed by atoms with Crippen molar-refractivity contribution in [2.45, 2.75) is 26.0 Å². The summed E-state index contributed by atoms with van der Waals surface area (Å²) in [5.74, 6) is 0.600. The Kier molecular flexibility index (Phi) is 4.98. The Hall–Kier alpha value is -1.59. The highest BCUT2D eigenvalue weighted by atomic mass is 16.5. The van der Waals surface area contributed by atoms with E-state index in [1.165, 1.54) is 0 Å². The van der Waals surface area contributed by atoms with Crippen LogP contribution in [0.5, 0.6) is 5.75 Å². The average Bonchev–Trinajstić information content (AvgIpc) is 2.47. The van der Waals surface area contributed by atoms with Gasteiger partial charge in [0.2, 0.25) is 0 Å². The van der Waals surface area contributed by atoms with Gasteiger partial charge in [-0.05, 0) is 26.0 Å². The van der Waals surface area contributed by atoms with Crippen molar-refractivity contribution in [1.82, 2.24) is 4.90 Å². The molecule has 110 valence electrons. The van der Waals surface area contributed by atoms with Crippen LogP contribution in [-0.2, 0) is 9.53 Å². The Morgan fingerprint density at radius 1 is 1.45 bits per heavy atom. The van der Waals surface area contributed by atoms with Crippen LogP contribution in [0.25, 0.3) is 0 Å². The third-order valence-corrected chi connectivity index (χ3v) is 3.41. The molecule has 1 aromatic rings. The summed E-state index contributed by atoms with van der Waals surface area (Å²) >= 11 is 0. The van der Waals surface area contributed by atoms with E-state index in [4.69, 9.17) is 14.6 Å². The normalized spacial score (nSPS) is 22.6. The third-order valence-electron chi connectivity index (χ3n) is 3.41. The summed E-state index contributed by atoms with van der Waals surface area (Å²) in [6, 6.07) is 7.59. The first kappa shape index (κ1) is 14.8. The fourth-order valence-corrected chi connectivity index (χ4v) is 2.14. The van der Waals surface area contributed by atoms with Crippen LogP contribution in [0.1, 0.15) is 12.5 Å². The molecule has 5 nitrogen and oxygen atoms in total. The lowest BCUT2D eigenvalue weighted by Crippen LogP contribution is -2.53. The molecule has 1 aromatic carbocycles. The van der Waals surface area contributed by atoms with Gasteiger partial charge in [-0.3, -0.25) is 4.79 Å². The van der Waals surface area contributed by atoms with Crippen molar-refractivity contribution in [3.63, 3.8) is 0 Å². The van der Waals surface area contributed by atoms with E-state index < -0.39 is 0 Å². The van der Waals surface area contributed by atoms with Crippen LogP contribution in [0.4, 0.5) is 0 Å². The molecule has 0 aromatic heterocycles. The van der Waals surface area contributed by atoms with Gasteiger partial charge >= 0.3 is 0 Å². The molecule has 0 radical (unpaired) electrons. The minimum absolute atomic E-state index is 0.00551. The zero-order valence-corrected chi connectivity index (χ0v) is 11.9. The lowest BCUT2D eigenvalue weighted by Gasteiger charge is -2.37. The van der Waals surface area contributed by atoms with E-state index >= 15 is 0 Å². The number of carbonyl (C=O) groups is 1. The molecule has 5 heteroatoms. The maximum absolute atomic E-state index is 12.2. The zero-order chi connectivity index (χ0) is 14.5. The number of nitrogens with zero attached hydrogens (tertiary/aromatic N) is 1. The van der Waals surface area contributed by atoms with Gasteiger partial charge in [-0.1, -0.05) is 17.7 Å². The molecular formula is C15H21NO4. The monoisotopic (exact) mass is 279 g/mol. The standard InChI is InChI=1S/C15H21NO4/c1-11-3-5-13(6-4-11)20-10-15(18)16-7-14(8-17)19-9-12(16)2/h3-6,12,14,17H,7-10H2,1-2H3. The molecule has 1 fully saturated rings. The Bertz CT molecular complexity index is 446. The minimum atomic E-state index is -0.297. The van der Waals surface area contributed by atoms with E-state index in [9.17, 15) is 4.79 Å². The Balaban J connectivity index is 1.88. The van der Waals surface area contributed by atoms with Crippen molar-refractivity contribution in [3.8, 4) is 5.75 Å². The van der Waals surface area contributed by atoms with E-state index in [0.717, 1.165) is 5.56 Å². The van der Waals surface area contributed by atoms with Crippen molar-refractivity contribution in [3.05, 3.63) is 29.8 Å². The number of aliphatic hydroxyl groups excluding tert-OH is 1. The molecule has 2 unspecified atom stereocenters. The molecule has 0 aliphatic carbocycles. The summed E-state index contributed by atoms with van der Waals surface area (Å²) in [6.07, 6.45) is -0.297. The van der Waals surface area contributed by atoms with Gasteiger partial charge in [0.15, 0.2) is 6.61 Å². The van der Waals surface area contributed by atoms with Crippen LogP contribution >= 0.6 is 0 Å². The number of hydrogen-bond donors (Lipinski definition) is 1. The predicted molar refractivity (Wildman–Crippen MR) is 74.7 cm³/mol. The van der Waals surface area contributed by atoms with Gasteiger partial charge in [-0.15, -0.1) is 0 Å². The molecule has 1 aliphatic rings. The fraction of sp³-hybridized carbons (Fsp3) is 0.533. The van der Waals surface area contributed by atoms with E-state index in [2.05, 4.69) is 0 Å². The second-order valence-corrected chi connectivity index (χ2v) is 5.13. The summed E-state index contributed by atoms with van der Waals surface area (Å²) in [7, 11) is 0. The van der Waals surface area contributed by atoms with Crippen LogP contribution in [0.2, 0.25) is 0 Å². The maximum Gasteiger partial charge on any atom is 0.260 e. The van der Waals surface area contributed by atoms with Crippen molar-refractivity contribution < 1.29 is 19.4 Å². The lowest BCUT2D eigenvalue weighted by molar-refractivity contribution is -0.148. The second-order valence-electron chi connectivity index (χ2n) is 5.13. The van der Waals surface area contributed by atoms with E-state index in [1.807, 2.05) is 38.1 Å².